The second kappa shape index (κ2) is 6.39. The van der Waals surface area contributed by atoms with E-state index in [9.17, 15) is 4.39 Å². The van der Waals surface area contributed by atoms with Crippen molar-refractivity contribution in [3.63, 3.8) is 0 Å². The third-order valence-corrected chi connectivity index (χ3v) is 4.66. The van der Waals surface area contributed by atoms with E-state index in [0.717, 1.165) is 13.1 Å². The summed E-state index contributed by atoms with van der Waals surface area (Å²) >= 11 is 6.23. The maximum atomic E-state index is 13.5. The Balaban J connectivity index is 2.32. The van der Waals surface area contributed by atoms with E-state index in [1.807, 2.05) is 0 Å². The molecule has 0 bridgehead atoms. The summed E-state index contributed by atoms with van der Waals surface area (Å²) < 4.78 is 13.5. The molecule has 1 aromatic carbocycles. The Kier molecular flexibility index (Phi) is 5.02. The summed E-state index contributed by atoms with van der Waals surface area (Å²) in [5.74, 6) is 5.47. The second-order valence-corrected chi connectivity index (χ2v) is 6.37. The predicted octanol–water partition coefficient (Wildman–Crippen LogP) is 3.25. The molecule has 3 N–H and O–H groups in total. The summed E-state index contributed by atoms with van der Waals surface area (Å²) in [5, 5.41) is 0.541. The Labute approximate surface area is 125 Å². The van der Waals surface area contributed by atoms with Crippen molar-refractivity contribution in [3.8, 4) is 0 Å². The molecule has 5 heteroatoms. The second-order valence-electron chi connectivity index (χ2n) is 5.97. The number of piperidine rings is 1. The first-order valence-electron chi connectivity index (χ1n) is 7.13. The fourth-order valence-electron chi connectivity index (χ4n) is 3.06. The fraction of sp³-hybridized carbons (Fsp3) is 0.600. The van der Waals surface area contributed by atoms with Crippen molar-refractivity contribution in [2.45, 2.75) is 44.7 Å². The van der Waals surface area contributed by atoms with E-state index in [-0.39, 0.29) is 17.4 Å². The van der Waals surface area contributed by atoms with Crippen LogP contribution >= 0.6 is 11.6 Å². The minimum atomic E-state index is -0.293. The van der Waals surface area contributed by atoms with Gasteiger partial charge in [-0.05, 0) is 63.5 Å². The number of hydrogen-bond donors (Lipinski definition) is 2. The topological polar surface area (TPSA) is 41.3 Å². The van der Waals surface area contributed by atoms with E-state index >= 15 is 0 Å². The Morgan fingerprint density at radius 2 is 1.95 bits per heavy atom. The number of hydrogen-bond acceptors (Lipinski definition) is 3. The molecule has 1 aromatic rings. The zero-order valence-corrected chi connectivity index (χ0v) is 12.9. The van der Waals surface area contributed by atoms with Crippen LogP contribution in [-0.4, -0.2) is 23.5 Å². The molecule has 0 saturated carbocycles. The predicted molar refractivity (Wildman–Crippen MR) is 81.0 cm³/mol. The van der Waals surface area contributed by atoms with Crippen LogP contribution in [-0.2, 0) is 0 Å². The van der Waals surface area contributed by atoms with Gasteiger partial charge >= 0.3 is 0 Å². The Morgan fingerprint density at radius 1 is 1.30 bits per heavy atom. The molecule has 2 rings (SSSR count). The Morgan fingerprint density at radius 3 is 2.55 bits per heavy atom. The van der Waals surface area contributed by atoms with Gasteiger partial charge in [0.25, 0.3) is 0 Å². The summed E-state index contributed by atoms with van der Waals surface area (Å²) in [7, 11) is 0. The molecular formula is C15H23ClFN3. The van der Waals surface area contributed by atoms with Crippen molar-refractivity contribution in [2.24, 2.45) is 5.84 Å². The summed E-state index contributed by atoms with van der Waals surface area (Å²) in [4.78, 5) is 2.41. The zero-order valence-electron chi connectivity index (χ0n) is 12.1. The van der Waals surface area contributed by atoms with Crippen LogP contribution < -0.4 is 11.3 Å². The van der Waals surface area contributed by atoms with Crippen LogP contribution in [0.5, 0.6) is 0 Å². The third kappa shape index (κ3) is 3.14. The Bertz CT molecular complexity index is 458. The van der Waals surface area contributed by atoms with E-state index in [1.54, 1.807) is 6.07 Å². The van der Waals surface area contributed by atoms with Crippen LogP contribution in [0.25, 0.3) is 0 Å². The minimum Gasteiger partial charge on any atom is -0.296 e. The lowest BCUT2D eigenvalue weighted by atomic mass is 9.86. The molecule has 0 spiro atoms. The number of rotatable bonds is 4. The standard InChI is InChI=1S/C15H23ClFN3/c1-15(2,20-8-4-3-5-9-20)14(19-18)12-10-11(17)6-7-13(12)16/h6-7,10,14,19H,3-5,8-9,18H2,1-2H3. The summed E-state index contributed by atoms with van der Waals surface area (Å²) in [6, 6.07) is 4.21. The van der Waals surface area contributed by atoms with Gasteiger partial charge in [-0.3, -0.25) is 16.2 Å². The van der Waals surface area contributed by atoms with Crippen LogP contribution in [0.15, 0.2) is 18.2 Å². The summed E-state index contributed by atoms with van der Waals surface area (Å²) in [5.41, 5.74) is 3.31. The van der Waals surface area contributed by atoms with Gasteiger partial charge in [-0.1, -0.05) is 18.0 Å². The van der Waals surface area contributed by atoms with E-state index in [0.29, 0.717) is 10.6 Å². The third-order valence-electron chi connectivity index (χ3n) is 4.31. The highest BCUT2D eigenvalue weighted by atomic mass is 35.5. The van der Waals surface area contributed by atoms with Crippen LogP contribution in [0.1, 0.15) is 44.7 Å². The van der Waals surface area contributed by atoms with Gasteiger partial charge in [-0.2, -0.15) is 0 Å². The fourth-order valence-corrected chi connectivity index (χ4v) is 3.29. The van der Waals surface area contributed by atoms with Crippen molar-refractivity contribution < 1.29 is 4.39 Å². The Hall–Kier alpha value is -0.680. The van der Waals surface area contributed by atoms with Gasteiger partial charge in [0.05, 0.1) is 6.04 Å². The molecule has 1 atom stereocenters. The largest absolute Gasteiger partial charge is 0.296 e. The number of halogens is 2. The average molecular weight is 300 g/mol. The first-order chi connectivity index (χ1) is 9.46. The van der Waals surface area contributed by atoms with Crippen molar-refractivity contribution in [1.82, 2.24) is 10.3 Å². The van der Waals surface area contributed by atoms with Gasteiger partial charge < -0.3 is 0 Å². The van der Waals surface area contributed by atoms with Gasteiger partial charge in [-0.25, -0.2) is 4.39 Å². The van der Waals surface area contributed by atoms with Crippen LogP contribution in [0.4, 0.5) is 4.39 Å². The van der Waals surface area contributed by atoms with Crippen LogP contribution in [0.2, 0.25) is 5.02 Å². The highest BCUT2D eigenvalue weighted by Gasteiger charge is 2.37. The molecule has 0 aromatic heterocycles. The molecule has 1 aliphatic rings. The lowest BCUT2D eigenvalue weighted by Gasteiger charge is -2.46. The molecule has 3 nitrogen and oxygen atoms in total. The zero-order chi connectivity index (χ0) is 14.8. The molecule has 1 saturated heterocycles. The van der Waals surface area contributed by atoms with Crippen LogP contribution in [0, 0.1) is 5.82 Å². The molecule has 1 fully saturated rings. The maximum Gasteiger partial charge on any atom is 0.123 e. The number of nitrogens with one attached hydrogen (secondary N) is 1. The molecule has 1 heterocycles. The number of benzene rings is 1. The lowest BCUT2D eigenvalue weighted by Crippen LogP contribution is -2.55. The molecule has 0 aliphatic carbocycles. The highest BCUT2D eigenvalue weighted by Crippen LogP contribution is 2.36. The molecular weight excluding hydrogens is 277 g/mol. The monoisotopic (exact) mass is 299 g/mol. The summed E-state index contributed by atoms with van der Waals surface area (Å²) in [6.45, 7) is 6.34. The molecule has 0 amide bonds. The SMILES string of the molecule is CC(C)(C(NN)c1cc(F)ccc1Cl)N1CCCCC1. The van der Waals surface area contributed by atoms with Gasteiger partial charge in [0.15, 0.2) is 0 Å². The maximum absolute atomic E-state index is 13.5. The minimum absolute atomic E-state index is 0.219. The van der Waals surface area contributed by atoms with Gasteiger partial charge in [0, 0.05) is 10.6 Å². The smallest absolute Gasteiger partial charge is 0.123 e. The van der Waals surface area contributed by atoms with Gasteiger partial charge in [-0.15, -0.1) is 0 Å². The first-order valence-corrected chi connectivity index (χ1v) is 7.50. The summed E-state index contributed by atoms with van der Waals surface area (Å²) in [6.07, 6.45) is 3.66. The van der Waals surface area contributed by atoms with E-state index in [4.69, 9.17) is 17.4 Å². The quantitative estimate of drug-likeness (QED) is 0.662. The van der Waals surface area contributed by atoms with Crippen molar-refractivity contribution in [1.29, 1.82) is 0 Å². The highest BCUT2D eigenvalue weighted by molar-refractivity contribution is 6.31. The molecule has 1 aliphatic heterocycles. The number of likely N-dealkylation sites (tertiary alicyclic amines) is 1. The average Bonchev–Trinajstić information content (AvgIpc) is 2.44. The number of nitrogens with zero attached hydrogens (tertiary/aromatic N) is 1. The van der Waals surface area contributed by atoms with Crippen molar-refractivity contribution in [3.05, 3.63) is 34.6 Å². The van der Waals surface area contributed by atoms with Crippen LogP contribution in [0.3, 0.4) is 0 Å². The molecule has 112 valence electrons. The van der Waals surface area contributed by atoms with Crippen molar-refractivity contribution in [2.75, 3.05) is 13.1 Å². The van der Waals surface area contributed by atoms with E-state index < -0.39 is 0 Å². The van der Waals surface area contributed by atoms with Gasteiger partial charge in [0.1, 0.15) is 5.82 Å². The van der Waals surface area contributed by atoms with E-state index in [2.05, 4.69) is 24.2 Å². The van der Waals surface area contributed by atoms with Crippen molar-refractivity contribution >= 4 is 11.6 Å². The number of nitrogens with two attached hydrogens (primary N) is 1. The molecule has 0 radical (unpaired) electrons. The molecule has 1 unspecified atom stereocenters. The molecule has 20 heavy (non-hydrogen) atoms. The van der Waals surface area contributed by atoms with Gasteiger partial charge in [0.2, 0.25) is 0 Å². The van der Waals surface area contributed by atoms with E-state index in [1.165, 1.54) is 31.4 Å². The number of hydrazine groups is 1. The lowest BCUT2D eigenvalue weighted by molar-refractivity contribution is 0.0607. The first kappa shape index (κ1) is 15.7. The normalized spacial score (nSPS) is 19.1.